The van der Waals surface area contributed by atoms with Gasteiger partial charge in [-0.3, -0.25) is 5.84 Å². The van der Waals surface area contributed by atoms with Gasteiger partial charge in [-0.1, -0.05) is 30.4 Å². The predicted molar refractivity (Wildman–Crippen MR) is 67.8 cm³/mol. The van der Waals surface area contributed by atoms with E-state index in [1.807, 2.05) is 6.08 Å². The summed E-state index contributed by atoms with van der Waals surface area (Å²) in [4.78, 5) is 0. The van der Waals surface area contributed by atoms with E-state index in [0.29, 0.717) is 12.3 Å². The maximum Gasteiger partial charge on any atom is 0.127 e. The van der Waals surface area contributed by atoms with Crippen molar-refractivity contribution in [1.82, 2.24) is 5.43 Å². The molecule has 1 aliphatic rings. The maximum absolute atomic E-state index is 13.6. The molecule has 5 heteroatoms. The van der Waals surface area contributed by atoms with Crippen LogP contribution < -0.4 is 11.3 Å². The predicted octanol–water partition coefficient (Wildman–Crippen LogP) is 2.45. The molecule has 3 nitrogen and oxygen atoms in total. The first-order valence-corrected chi connectivity index (χ1v) is 5.72. The Morgan fingerprint density at radius 2 is 2.22 bits per heavy atom. The molecule has 1 aliphatic carbocycles. The van der Waals surface area contributed by atoms with Gasteiger partial charge in [0.1, 0.15) is 12.5 Å². The van der Waals surface area contributed by atoms with Crippen molar-refractivity contribution in [3.63, 3.8) is 0 Å². The zero-order valence-corrected chi connectivity index (χ0v) is 10.3. The van der Waals surface area contributed by atoms with Crippen molar-refractivity contribution in [3.05, 3.63) is 47.5 Å². The minimum atomic E-state index is -0.485. The van der Waals surface area contributed by atoms with Gasteiger partial charge < -0.3 is 10.2 Å². The highest BCUT2D eigenvalue weighted by molar-refractivity contribution is 5.34. The topological polar surface area (TPSA) is 47.3 Å². The Bertz CT molecular complexity index is 386. The average Bonchev–Trinajstić information content (AvgIpc) is 2.33. The molecule has 3 N–H and O–H groups in total. The van der Waals surface area contributed by atoms with Crippen LogP contribution >= 0.6 is 0 Å². The van der Waals surface area contributed by atoms with E-state index in [1.54, 1.807) is 25.2 Å². The molecular formula is C13H18F2N2O. The zero-order chi connectivity index (χ0) is 13.4. The van der Waals surface area contributed by atoms with Crippen LogP contribution in [0.15, 0.2) is 47.5 Å². The number of halogens is 2. The average molecular weight is 256 g/mol. The summed E-state index contributed by atoms with van der Waals surface area (Å²) in [6.07, 6.45) is 8.13. The number of hydrogen-bond donors (Lipinski definition) is 2. The minimum absolute atomic E-state index is 0.172. The monoisotopic (exact) mass is 256 g/mol. The summed E-state index contributed by atoms with van der Waals surface area (Å²) < 4.78 is 30.8. The molecule has 0 heterocycles. The Morgan fingerprint density at radius 1 is 1.50 bits per heavy atom. The molecular weight excluding hydrogens is 238 g/mol. The molecule has 0 fully saturated rings. The van der Waals surface area contributed by atoms with Gasteiger partial charge in [0.2, 0.25) is 0 Å². The maximum atomic E-state index is 13.6. The number of hydrazine groups is 1. The van der Waals surface area contributed by atoms with Crippen LogP contribution in [0.5, 0.6) is 0 Å². The fraction of sp³-hybridized carbons (Fsp3) is 0.385. The van der Waals surface area contributed by atoms with E-state index in [1.165, 1.54) is 6.08 Å². The van der Waals surface area contributed by atoms with Crippen LogP contribution in [0.25, 0.3) is 0 Å². The van der Waals surface area contributed by atoms with E-state index in [9.17, 15) is 8.78 Å². The third-order valence-corrected chi connectivity index (χ3v) is 2.51. The Hall–Kier alpha value is -1.46. The highest BCUT2D eigenvalue weighted by atomic mass is 19.1. The Labute approximate surface area is 106 Å². The smallest absolute Gasteiger partial charge is 0.127 e. The molecule has 0 spiro atoms. The first-order valence-electron chi connectivity index (χ1n) is 5.72. The number of alkyl halides is 1. The van der Waals surface area contributed by atoms with Crippen molar-refractivity contribution < 1.29 is 13.5 Å². The molecule has 0 radical (unpaired) electrons. The van der Waals surface area contributed by atoms with Crippen LogP contribution in [-0.2, 0) is 4.74 Å². The summed E-state index contributed by atoms with van der Waals surface area (Å²) >= 11 is 0. The molecule has 0 aromatic rings. The molecule has 100 valence electrons. The lowest BCUT2D eigenvalue weighted by Crippen LogP contribution is -2.27. The molecule has 0 amide bonds. The lowest BCUT2D eigenvalue weighted by atomic mass is 10.0. The van der Waals surface area contributed by atoms with E-state index >= 15 is 0 Å². The van der Waals surface area contributed by atoms with Gasteiger partial charge in [0.15, 0.2) is 0 Å². The third-order valence-electron chi connectivity index (χ3n) is 2.51. The molecule has 0 saturated heterocycles. The van der Waals surface area contributed by atoms with Gasteiger partial charge in [0.25, 0.3) is 0 Å². The van der Waals surface area contributed by atoms with E-state index in [2.05, 4.69) is 5.43 Å². The second kappa shape index (κ2) is 7.79. The third kappa shape index (κ3) is 4.43. The van der Waals surface area contributed by atoms with Crippen molar-refractivity contribution in [2.75, 3.05) is 13.3 Å². The quantitative estimate of drug-likeness (QED) is 0.436. The summed E-state index contributed by atoms with van der Waals surface area (Å²) in [5.41, 5.74) is 3.40. The van der Waals surface area contributed by atoms with Crippen LogP contribution in [0.3, 0.4) is 0 Å². The minimum Gasteiger partial charge on any atom is -0.370 e. The van der Waals surface area contributed by atoms with Gasteiger partial charge in [-0.05, 0) is 12.5 Å². The van der Waals surface area contributed by atoms with E-state index in [0.717, 1.165) is 5.57 Å². The van der Waals surface area contributed by atoms with Gasteiger partial charge in [-0.2, -0.15) is 0 Å². The Balaban J connectivity index is 2.41. The normalized spacial score (nSPS) is 20.9. The van der Waals surface area contributed by atoms with Gasteiger partial charge in [-0.25, -0.2) is 8.78 Å². The fourth-order valence-electron chi connectivity index (χ4n) is 1.66. The number of nitrogens with two attached hydrogens (primary N) is 1. The number of nitrogens with one attached hydrogen (secondary N) is 1. The Kier molecular flexibility index (Phi) is 6.32. The van der Waals surface area contributed by atoms with E-state index in [4.69, 9.17) is 10.6 Å². The molecule has 0 bridgehead atoms. The number of hydrogen-bond acceptors (Lipinski definition) is 3. The van der Waals surface area contributed by atoms with Crippen LogP contribution in [0.2, 0.25) is 0 Å². The van der Waals surface area contributed by atoms with Crippen LogP contribution in [0, 0.1) is 0 Å². The standard InChI is InChI=1S/C13H18F2N2O/c1-10-8-11(9-12(15)13(10)17-16)18-7-5-3-2-4-6-14/h2-5,8,11,17H,6-7,9,16H2,1H3/b4-2-,5-3-. The van der Waals surface area contributed by atoms with Crippen molar-refractivity contribution in [2.45, 2.75) is 19.4 Å². The van der Waals surface area contributed by atoms with Crippen LogP contribution in [-0.4, -0.2) is 19.4 Å². The second-order valence-corrected chi connectivity index (χ2v) is 3.86. The van der Waals surface area contributed by atoms with Gasteiger partial charge in [-0.15, -0.1) is 0 Å². The summed E-state index contributed by atoms with van der Waals surface area (Å²) in [6.45, 7) is 1.63. The molecule has 0 aromatic heterocycles. The molecule has 1 atom stereocenters. The van der Waals surface area contributed by atoms with Gasteiger partial charge in [0.05, 0.1) is 18.4 Å². The summed E-state index contributed by atoms with van der Waals surface area (Å²) in [6, 6.07) is 0. The van der Waals surface area contributed by atoms with Crippen molar-refractivity contribution in [3.8, 4) is 0 Å². The number of allylic oxidation sites excluding steroid dienone is 4. The summed E-state index contributed by atoms with van der Waals surface area (Å²) in [5.74, 6) is 4.92. The molecule has 1 unspecified atom stereocenters. The molecule has 0 aromatic carbocycles. The van der Waals surface area contributed by atoms with Crippen molar-refractivity contribution >= 4 is 0 Å². The lowest BCUT2D eigenvalue weighted by molar-refractivity contribution is 0.102. The van der Waals surface area contributed by atoms with Crippen molar-refractivity contribution in [2.24, 2.45) is 5.84 Å². The van der Waals surface area contributed by atoms with Crippen molar-refractivity contribution in [1.29, 1.82) is 0 Å². The van der Waals surface area contributed by atoms with Gasteiger partial charge >= 0.3 is 0 Å². The largest absolute Gasteiger partial charge is 0.370 e. The van der Waals surface area contributed by atoms with E-state index in [-0.39, 0.29) is 18.4 Å². The van der Waals surface area contributed by atoms with Crippen LogP contribution in [0.4, 0.5) is 8.78 Å². The highest BCUT2D eigenvalue weighted by Gasteiger charge is 2.19. The molecule has 1 rings (SSSR count). The molecule has 0 aliphatic heterocycles. The zero-order valence-electron chi connectivity index (χ0n) is 10.3. The van der Waals surface area contributed by atoms with E-state index < -0.39 is 6.67 Å². The lowest BCUT2D eigenvalue weighted by Gasteiger charge is -2.21. The Morgan fingerprint density at radius 3 is 2.83 bits per heavy atom. The number of rotatable bonds is 6. The highest BCUT2D eigenvalue weighted by Crippen LogP contribution is 2.25. The summed E-state index contributed by atoms with van der Waals surface area (Å²) in [5, 5.41) is 0. The second-order valence-electron chi connectivity index (χ2n) is 3.86. The first-order chi connectivity index (χ1) is 8.69. The fourth-order valence-corrected chi connectivity index (χ4v) is 1.66. The van der Waals surface area contributed by atoms with Gasteiger partial charge in [0, 0.05) is 6.42 Å². The molecule has 0 saturated carbocycles. The first kappa shape index (κ1) is 14.6. The van der Waals surface area contributed by atoms with Crippen LogP contribution in [0.1, 0.15) is 13.3 Å². The molecule has 18 heavy (non-hydrogen) atoms. The SMILES string of the molecule is CC1=CC(OC/C=C\C=C/CF)CC(F)=C1NN. The summed E-state index contributed by atoms with van der Waals surface area (Å²) in [7, 11) is 0. The number of ether oxygens (including phenoxy) is 1.